The number of methoxy groups -OCH3 is 1. The molecular formula is C16H25NO2. The van der Waals surface area contributed by atoms with Crippen molar-refractivity contribution in [3.63, 3.8) is 0 Å². The topological polar surface area (TPSA) is 41.5 Å². The average molecular weight is 263 g/mol. The van der Waals surface area contributed by atoms with Crippen LogP contribution in [0.3, 0.4) is 0 Å². The fraction of sp³-hybridized carbons (Fsp3) is 0.625. The van der Waals surface area contributed by atoms with Gasteiger partial charge in [-0.1, -0.05) is 12.1 Å². The van der Waals surface area contributed by atoms with Crippen LogP contribution >= 0.6 is 0 Å². The van der Waals surface area contributed by atoms with Crippen molar-refractivity contribution in [2.24, 2.45) is 0 Å². The molecule has 0 heterocycles. The summed E-state index contributed by atoms with van der Waals surface area (Å²) in [5.41, 5.74) is 1.33. The molecule has 19 heavy (non-hydrogen) atoms. The van der Waals surface area contributed by atoms with E-state index < -0.39 is 0 Å². The number of ether oxygens (including phenoxy) is 1. The van der Waals surface area contributed by atoms with Crippen LogP contribution in [0.2, 0.25) is 0 Å². The predicted octanol–water partition coefficient (Wildman–Crippen LogP) is 2.52. The van der Waals surface area contributed by atoms with E-state index in [0.29, 0.717) is 12.1 Å². The molecule has 106 valence electrons. The first-order chi connectivity index (χ1) is 9.17. The second-order valence-corrected chi connectivity index (χ2v) is 5.63. The van der Waals surface area contributed by atoms with E-state index in [1.54, 1.807) is 7.11 Å². The molecule has 1 atom stereocenters. The number of hydrogen-bond acceptors (Lipinski definition) is 3. The van der Waals surface area contributed by atoms with E-state index in [4.69, 9.17) is 4.74 Å². The Bertz CT molecular complexity index is 369. The Balaban J connectivity index is 1.78. The van der Waals surface area contributed by atoms with E-state index in [9.17, 15) is 5.11 Å². The number of nitrogens with one attached hydrogen (secondary N) is 1. The summed E-state index contributed by atoms with van der Waals surface area (Å²) >= 11 is 0. The molecule has 1 fully saturated rings. The highest BCUT2D eigenvalue weighted by atomic mass is 16.5. The molecule has 0 radical (unpaired) electrons. The van der Waals surface area contributed by atoms with Gasteiger partial charge >= 0.3 is 0 Å². The summed E-state index contributed by atoms with van der Waals surface area (Å²) in [5.74, 6) is 0.908. The van der Waals surface area contributed by atoms with Crippen LogP contribution in [0.1, 0.15) is 38.2 Å². The molecule has 1 aromatic rings. The first kappa shape index (κ1) is 14.4. The largest absolute Gasteiger partial charge is 0.497 e. The maximum atomic E-state index is 9.51. The second-order valence-electron chi connectivity index (χ2n) is 5.63. The van der Waals surface area contributed by atoms with Crippen molar-refractivity contribution in [3.8, 4) is 5.75 Å². The molecule has 0 aliphatic heterocycles. The third kappa shape index (κ3) is 4.51. The first-order valence-electron chi connectivity index (χ1n) is 7.24. The van der Waals surface area contributed by atoms with Crippen molar-refractivity contribution in [2.75, 3.05) is 7.11 Å². The molecule has 3 nitrogen and oxygen atoms in total. The van der Waals surface area contributed by atoms with Crippen LogP contribution < -0.4 is 10.1 Å². The summed E-state index contributed by atoms with van der Waals surface area (Å²) in [6, 6.07) is 9.31. The highest BCUT2D eigenvalue weighted by Crippen LogP contribution is 2.19. The lowest BCUT2D eigenvalue weighted by Crippen LogP contribution is -2.40. The summed E-state index contributed by atoms with van der Waals surface area (Å²) in [6.07, 6.45) is 5.01. The lowest BCUT2D eigenvalue weighted by atomic mass is 9.92. The second kappa shape index (κ2) is 6.92. The number of benzene rings is 1. The molecular weight excluding hydrogens is 238 g/mol. The molecule has 0 unspecified atom stereocenters. The maximum absolute atomic E-state index is 9.51. The molecule has 0 saturated heterocycles. The zero-order chi connectivity index (χ0) is 13.7. The van der Waals surface area contributed by atoms with Crippen LogP contribution in [0.5, 0.6) is 5.75 Å². The summed E-state index contributed by atoms with van der Waals surface area (Å²) in [4.78, 5) is 0. The molecule has 1 aliphatic rings. The van der Waals surface area contributed by atoms with Gasteiger partial charge in [0.1, 0.15) is 5.75 Å². The van der Waals surface area contributed by atoms with Crippen LogP contribution in [0, 0.1) is 0 Å². The molecule has 1 aromatic carbocycles. The van der Waals surface area contributed by atoms with E-state index in [-0.39, 0.29) is 6.10 Å². The van der Waals surface area contributed by atoms with Crippen molar-refractivity contribution < 1.29 is 9.84 Å². The van der Waals surface area contributed by atoms with Gasteiger partial charge in [-0.15, -0.1) is 0 Å². The van der Waals surface area contributed by atoms with E-state index in [0.717, 1.165) is 37.9 Å². The lowest BCUT2D eigenvalue weighted by Gasteiger charge is -2.29. The van der Waals surface area contributed by atoms with Gasteiger partial charge in [-0.05, 0) is 56.7 Å². The quantitative estimate of drug-likeness (QED) is 0.857. The van der Waals surface area contributed by atoms with Gasteiger partial charge in [0.25, 0.3) is 0 Å². The number of hydrogen-bond donors (Lipinski definition) is 2. The molecule has 1 saturated carbocycles. The van der Waals surface area contributed by atoms with Gasteiger partial charge in [-0.2, -0.15) is 0 Å². The molecule has 0 amide bonds. The number of aliphatic hydroxyl groups excluding tert-OH is 1. The first-order valence-corrected chi connectivity index (χ1v) is 7.24. The van der Waals surface area contributed by atoms with Crippen molar-refractivity contribution in [1.82, 2.24) is 5.32 Å². The summed E-state index contributed by atoms with van der Waals surface area (Å²) in [6.45, 7) is 2.23. The zero-order valence-corrected chi connectivity index (χ0v) is 11.9. The molecule has 2 rings (SSSR count). The van der Waals surface area contributed by atoms with Gasteiger partial charge < -0.3 is 15.2 Å². The molecule has 0 aromatic heterocycles. The molecule has 0 bridgehead atoms. The number of aliphatic hydroxyl groups is 1. The molecule has 3 heteroatoms. The third-order valence-corrected chi connectivity index (χ3v) is 3.92. The fourth-order valence-electron chi connectivity index (χ4n) is 2.82. The molecule has 0 spiro atoms. The number of rotatable bonds is 5. The van der Waals surface area contributed by atoms with E-state index >= 15 is 0 Å². The average Bonchev–Trinajstić information content (AvgIpc) is 2.42. The fourth-order valence-corrected chi connectivity index (χ4v) is 2.82. The van der Waals surface area contributed by atoms with Crippen LogP contribution in [0.15, 0.2) is 24.3 Å². The van der Waals surface area contributed by atoms with Crippen LogP contribution in [0.25, 0.3) is 0 Å². The summed E-state index contributed by atoms with van der Waals surface area (Å²) in [7, 11) is 1.69. The van der Waals surface area contributed by atoms with Crippen LogP contribution in [-0.4, -0.2) is 30.4 Å². The monoisotopic (exact) mass is 263 g/mol. The van der Waals surface area contributed by atoms with E-state index in [1.165, 1.54) is 5.56 Å². The van der Waals surface area contributed by atoms with Gasteiger partial charge in [0, 0.05) is 12.1 Å². The van der Waals surface area contributed by atoms with E-state index in [1.807, 2.05) is 12.1 Å². The maximum Gasteiger partial charge on any atom is 0.118 e. The van der Waals surface area contributed by atoms with Crippen LogP contribution in [0.4, 0.5) is 0 Å². The smallest absolute Gasteiger partial charge is 0.118 e. The Labute approximate surface area is 116 Å². The Hall–Kier alpha value is -1.06. The van der Waals surface area contributed by atoms with Gasteiger partial charge in [0.15, 0.2) is 0 Å². The van der Waals surface area contributed by atoms with Gasteiger partial charge in [-0.25, -0.2) is 0 Å². The Kier molecular flexibility index (Phi) is 5.23. The zero-order valence-electron chi connectivity index (χ0n) is 11.9. The van der Waals surface area contributed by atoms with Crippen LogP contribution in [-0.2, 0) is 6.42 Å². The lowest BCUT2D eigenvalue weighted by molar-refractivity contribution is 0.114. The Morgan fingerprint density at radius 1 is 1.21 bits per heavy atom. The van der Waals surface area contributed by atoms with Crippen molar-refractivity contribution in [3.05, 3.63) is 29.8 Å². The normalized spacial score (nSPS) is 25.0. The minimum Gasteiger partial charge on any atom is -0.497 e. The third-order valence-electron chi connectivity index (χ3n) is 3.92. The summed E-state index contributed by atoms with van der Waals surface area (Å²) < 4.78 is 5.17. The van der Waals surface area contributed by atoms with Crippen molar-refractivity contribution >= 4 is 0 Å². The van der Waals surface area contributed by atoms with Crippen molar-refractivity contribution in [2.45, 2.75) is 57.2 Å². The summed E-state index contributed by atoms with van der Waals surface area (Å²) in [5, 5.41) is 13.2. The molecule has 1 aliphatic carbocycles. The highest BCUT2D eigenvalue weighted by molar-refractivity contribution is 5.27. The standard InChI is InChI=1S/C16H25NO2/c1-12(17-14-5-7-15(18)8-6-14)11-13-3-9-16(19-2)10-4-13/h3-4,9-10,12,14-15,17-18H,5-8,11H2,1-2H3/t12-,14?,15?/m1/s1. The van der Waals surface area contributed by atoms with Gasteiger partial charge in [-0.3, -0.25) is 0 Å². The Morgan fingerprint density at radius 3 is 2.42 bits per heavy atom. The van der Waals surface area contributed by atoms with E-state index in [2.05, 4.69) is 24.4 Å². The predicted molar refractivity (Wildman–Crippen MR) is 77.6 cm³/mol. The minimum absolute atomic E-state index is 0.0741. The van der Waals surface area contributed by atoms with Gasteiger partial charge in [0.05, 0.1) is 13.2 Å². The van der Waals surface area contributed by atoms with Crippen molar-refractivity contribution in [1.29, 1.82) is 0 Å². The molecule has 2 N–H and O–H groups in total. The Morgan fingerprint density at radius 2 is 1.84 bits per heavy atom. The SMILES string of the molecule is COc1ccc(C[C@@H](C)NC2CCC(O)CC2)cc1. The van der Waals surface area contributed by atoms with Gasteiger partial charge in [0.2, 0.25) is 0 Å². The highest BCUT2D eigenvalue weighted by Gasteiger charge is 2.20. The minimum atomic E-state index is -0.0741.